The molecule has 0 radical (unpaired) electrons. The first-order chi connectivity index (χ1) is 23.6. The van der Waals surface area contributed by atoms with Crippen LogP contribution < -0.4 is 21.3 Å². The van der Waals surface area contributed by atoms with E-state index in [0.717, 1.165) is 37.9 Å². The van der Waals surface area contributed by atoms with Crippen LogP contribution in [0.5, 0.6) is 0 Å². The molecule has 284 valence electrons. The van der Waals surface area contributed by atoms with Crippen LogP contribution in [0.25, 0.3) is 0 Å². The number of urea groups is 1. The Morgan fingerprint density at radius 1 is 0.940 bits per heavy atom. The molecule has 4 atom stereocenters. The molecule has 4 N–H and O–H groups in total. The first kappa shape index (κ1) is 43.1. The van der Waals surface area contributed by atoms with Gasteiger partial charge in [-0.1, -0.05) is 67.9 Å². The fraction of sp³-hybridized carbons (Fsp3) is 0.784. The lowest BCUT2D eigenvalue weighted by Gasteiger charge is -2.36. The maximum absolute atomic E-state index is 14.0. The first-order valence-electron chi connectivity index (χ1n) is 18.5. The van der Waals surface area contributed by atoms with E-state index in [1.807, 2.05) is 41.5 Å². The molecule has 0 spiro atoms. The second-order valence-electron chi connectivity index (χ2n) is 15.1. The minimum Gasteiger partial charge on any atom is -0.460 e. The monoisotopic (exact) mass is 721 g/mol. The molecule has 12 nitrogen and oxygen atoms in total. The van der Waals surface area contributed by atoms with E-state index in [1.54, 1.807) is 0 Å². The number of hydrogen-bond acceptors (Lipinski definition) is 8. The minimum absolute atomic E-state index is 0.0996. The molecule has 50 heavy (non-hydrogen) atoms. The molecule has 1 heterocycles. The Bertz CT molecular complexity index is 1170. The van der Waals surface area contributed by atoms with E-state index in [2.05, 4.69) is 41.7 Å². The molecule has 13 heteroatoms. The van der Waals surface area contributed by atoms with Gasteiger partial charge in [0, 0.05) is 18.8 Å². The van der Waals surface area contributed by atoms with Gasteiger partial charge in [0.05, 0.1) is 0 Å². The molecule has 5 amide bonds. The van der Waals surface area contributed by atoms with Crippen molar-refractivity contribution in [2.24, 2.45) is 23.2 Å². The summed E-state index contributed by atoms with van der Waals surface area (Å²) >= 11 is 1.45. The van der Waals surface area contributed by atoms with Crippen LogP contribution in [0.2, 0.25) is 0 Å². The number of hydrogen-bond donors (Lipinski definition) is 4. The van der Waals surface area contributed by atoms with Crippen LogP contribution in [-0.2, 0) is 28.7 Å². The Hall–Kier alpha value is -3.09. The third kappa shape index (κ3) is 13.6. The number of rotatable bonds is 18. The van der Waals surface area contributed by atoms with Crippen molar-refractivity contribution in [3.05, 3.63) is 12.7 Å². The number of carbonyl (C=O) groups is 6. The third-order valence-electron chi connectivity index (χ3n) is 8.76. The van der Waals surface area contributed by atoms with E-state index in [9.17, 15) is 28.8 Å². The molecule has 0 aromatic heterocycles. The van der Waals surface area contributed by atoms with Crippen molar-refractivity contribution in [1.29, 1.82) is 0 Å². The summed E-state index contributed by atoms with van der Waals surface area (Å²) in [6, 6.07) is -4.52. The molecule has 3 unspecified atom stereocenters. The standard InChI is InChI=1S/C34H55N5O7S.C3H8/c1-8-16-35-30(42)26(40)23(19-47-18-9-2)36-29(41)24-11-10-17-39(24)31(43)28(34(5,6)7)38-33(45)37-25(20(3)4)32(44)46-27(21-12-13-21)22-14-15-22;1-3-2/h8,20-25,27-28H,1,9-19H2,2-7H3,(H,35,42)(H,36,41)(H2,37,38,45);3H2,1-2H3/t23?,24-,25?,28?;/m0./s1. The molecule has 3 aliphatic rings. The van der Waals surface area contributed by atoms with E-state index in [-0.39, 0.29) is 24.3 Å². The number of likely N-dealkylation sites (tertiary alicyclic amines) is 1. The number of esters is 1. The van der Waals surface area contributed by atoms with Gasteiger partial charge in [-0.3, -0.25) is 19.2 Å². The minimum atomic E-state index is -1.06. The predicted octanol–water partition coefficient (Wildman–Crippen LogP) is 4.36. The summed E-state index contributed by atoms with van der Waals surface area (Å²) in [5.41, 5.74) is -0.743. The van der Waals surface area contributed by atoms with Gasteiger partial charge in [0.15, 0.2) is 0 Å². The number of nitrogens with zero attached hydrogens (tertiary/aromatic N) is 1. The molecule has 2 aliphatic carbocycles. The quantitative estimate of drug-likeness (QED) is 0.0703. The highest BCUT2D eigenvalue weighted by molar-refractivity contribution is 7.99. The van der Waals surface area contributed by atoms with Crippen molar-refractivity contribution in [3.8, 4) is 0 Å². The van der Waals surface area contributed by atoms with Crippen molar-refractivity contribution >= 4 is 47.3 Å². The highest BCUT2D eigenvalue weighted by Gasteiger charge is 2.46. The molecule has 2 saturated carbocycles. The molecule has 3 rings (SSSR count). The lowest BCUT2D eigenvalue weighted by atomic mass is 9.85. The maximum atomic E-state index is 14.0. The average molecular weight is 722 g/mol. The van der Waals surface area contributed by atoms with Crippen molar-refractivity contribution in [2.75, 3.05) is 24.6 Å². The Morgan fingerprint density at radius 3 is 2.04 bits per heavy atom. The smallest absolute Gasteiger partial charge is 0.329 e. The fourth-order valence-electron chi connectivity index (χ4n) is 5.77. The van der Waals surface area contributed by atoms with Gasteiger partial charge in [-0.25, -0.2) is 9.59 Å². The molecule has 0 aromatic carbocycles. The summed E-state index contributed by atoms with van der Waals surface area (Å²) in [6.45, 7) is 19.3. The van der Waals surface area contributed by atoms with E-state index < -0.39 is 65.1 Å². The molecule has 1 aliphatic heterocycles. The number of carbonyl (C=O) groups excluding carboxylic acids is 6. The lowest BCUT2D eigenvalue weighted by molar-refractivity contribution is -0.155. The second kappa shape index (κ2) is 20.7. The Morgan fingerprint density at radius 2 is 1.54 bits per heavy atom. The summed E-state index contributed by atoms with van der Waals surface area (Å²) in [7, 11) is 0. The van der Waals surface area contributed by atoms with Gasteiger partial charge in [0.1, 0.15) is 30.3 Å². The molecule has 1 saturated heterocycles. The highest BCUT2D eigenvalue weighted by atomic mass is 32.2. The van der Waals surface area contributed by atoms with E-state index >= 15 is 0 Å². The number of Topliss-reactive ketones (excluding diaryl/α,β-unsaturated/α-hetero) is 1. The van der Waals surface area contributed by atoms with Crippen LogP contribution in [0.15, 0.2) is 12.7 Å². The van der Waals surface area contributed by atoms with Crippen molar-refractivity contribution < 1.29 is 33.5 Å². The zero-order chi connectivity index (χ0) is 37.6. The Labute approximate surface area is 303 Å². The summed E-state index contributed by atoms with van der Waals surface area (Å²) in [5, 5.41) is 10.7. The highest BCUT2D eigenvalue weighted by Crippen LogP contribution is 2.46. The van der Waals surface area contributed by atoms with E-state index in [4.69, 9.17) is 4.74 Å². The Kier molecular flexibility index (Phi) is 17.8. The van der Waals surface area contributed by atoms with Gasteiger partial charge < -0.3 is 30.9 Å². The van der Waals surface area contributed by atoms with Crippen molar-refractivity contribution in [2.45, 2.75) is 137 Å². The number of nitrogens with one attached hydrogen (secondary N) is 4. The molecule has 0 bridgehead atoms. The van der Waals surface area contributed by atoms with Crippen LogP contribution >= 0.6 is 11.8 Å². The number of ketones is 1. The van der Waals surface area contributed by atoms with Gasteiger partial charge in [-0.2, -0.15) is 11.8 Å². The van der Waals surface area contributed by atoms with Gasteiger partial charge in [0.2, 0.25) is 17.6 Å². The number of thioether (sulfide) groups is 1. The molecular formula is C37H63N5O7S. The van der Waals surface area contributed by atoms with Gasteiger partial charge in [0.25, 0.3) is 5.91 Å². The summed E-state index contributed by atoms with van der Waals surface area (Å²) in [6.07, 6.45) is 8.62. The van der Waals surface area contributed by atoms with Gasteiger partial charge in [-0.15, -0.1) is 6.58 Å². The summed E-state index contributed by atoms with van der Waals surface area (Å²) in [5.74, 6) is -1.47. The lowest BCUT2D eigenvalue weighted by Crippen LogP contribution is -2.61. The van der Waals surface area contributed by atoms with Crippen molar-refractivity contribution in [3.63, 3.8) is 0 Å². The zero-order valence-electron chi connectivity index (χ0n) is 31.6. The second-order valence-corrected chi connectivity index (χ2v) is 16.3. The largest absolute Gasteiger partial charge is 0.460 e. The molecule has 0 aromatic rings. The number of amides is 5. The third-order valence-corrected chi connectivity index (χ3v) is 10.0. The van der Waals surface area contributed by atoms with Crippen LogP contribution in [0.4, 0.5) is 4.79 Å². The van der Waals surface area contributed by atoms with Crippen LogP contribution in [-0.4, -0.2) is 95.3 Å². The normalized spacial score (nSPS) is 19.0. The maximum Gasteiger partial charge on any atom is 0.329 e. The summed E-state index contributed by atoms with van der Waals surface area (Å²) in [4.78, 5) is 81.0. The van der Waals surface area contributed by atoms with Gasteiger partial charge >= 0.3 is 12.0 Å². The zero-order valence-corrected chi connectivity index (χ0v) is 32.4. The van der Waals surface area contributed by atoms with E-state index in [0.29, 0.717) is 31.2 Å². The summed E-state index contributed by atoms with van der Waals surface area (Å²) < 4.78 is 5.92. The Balaban J connectivity index is 0.00000278. The molecule has 3 fully saturated rings. The fourth-order valence-corrected chi connectivity index (χ4v) is 6.70. The van der Waals surface area contributed by atoms with Crippen molar-refractivity contribution in [1.82, 2.24) is 26.2 Å². The average Bonchev–Trinajstić information content (AvgIpc) is 4.00. The SMILES string of the molecule is C=CCNC(=O)C(=O)C(CSCCC)NC(=O)[C@@H]1CCCN1C(=O)C(NC(=O)NC(C(=O)OC(C1CC1)C1CC1)C(C)C)C(C)(C)C.CCC. The van der Waals surface area contributed by atoms with E-state index in [1.165, 1.54) is 29.2 Å². The predicted molar refractivity (Wildman–Crippen MR) is 197 cm³/mol. The van der Waals surface area contributed by atoms with Crippen LogP contribution in [0.3, 0.4) is 0 Å². The number of ether oxygens (including phenoxy) is 1. The van der Waals surface area contributed by atoms with Gasteiger partial charge in [-0.05, 0) is 73.9 Å². The van der Waals surface area contributed by atoms with Crippen LogP contribution in [0.1, 0.15) is 107 Å². The first-order valence-corrected chi connectivity index (χ1v) is 19.6. The molecular weight excluding hydrogens is 659 g/mol. The topological polar surface area (TPSA) is 163 Å². The van der Waals surface area contributed by atoms with Crippen LogP contribution in [0, 0.1) is 23.2 Å².